The number of hydrogen-bond acceptors (Lipinski definition) is 4. The molecule has 14 rings (SSSR count). The molecule has 0 N–H and O–H groups in total. The number of unbranched alkanes of at least 4 members (excludes halogenated alkanes) is 20. The fourth-order valence-corrected chi connectivity index (χ4v) is 17.3. The highest BCUT2D eigenvalue weighted by atomic mass is 19.4. The monoisotopic (exact) mass is 1400 g/mol. The number of anilines is 2. The Hall–Kier alpha value is -9.18. The van der Waals surface area contributed by atoms with Crippen LogP contribution in [0.25, 0.3) is 87.2 Å². The lowest BCUT2D eigenvalue weighted by Gasteiger charge is -2.38. The Kier molecular flexibility index (Phi) is 20.3. The molecule has 0 atom stereocenters. The zero-order valence-corrected chi connectivity index (χ0v) is 59.7. The largest absolute Gasteiger partial charge is 0.411 e. The molecule has 0 spiro atoms. The Labute approximate surface area is 597 Å². The third-order valence-electron chi connectivity index (χ3n) is 22.4. The minimum absolute atomic E-state index is 0.211. The predicted octanol–water partition coefficient (Wildman–Crippen LogP) is 24.6. The summed E-state index contributed by atoms with van der Waals surface area (Å²) < 4.78 is 110. The summed E-state index contributed by atoms with van der Waals surface area (Å²) in [6, 6.07) is 39.7. The number of benzene rings is 8. The van der Waals surface area contributed by atoms with E-state index in [2.05, 4.69) is 58.1 Å². The average molecular weight is 1400 g/mol. The molecule has 16 heteroatoms. The van der Waals surface area contributed by atoms with Gasteiger partial charge in [0, 0.05) is 91.3 Å². The van der Waals surface area contributed by atoms with E-state index in [0.717, 1.165) is 241 Å². The summed E-state index contributed by atoms with van der Waals surface area (Å²) in [5.74, 6) is -3.94. The van der Waals surface area contributed by atoms with Crippen LogP contribution in [0.3, 0.4) is 0 Å². The van der Waals surface area contributed by atoms with Gasteiger partial charge in [-0.25, -0.2) is 9.80 Å². The van der Waals surface area contributed by atoms with Gasteiger partial charge in [0.05, 0.1) is 55.7 Å². The normalized spacial score (nSPS) is 13.9. The third kappa shape index (κ3) is 12.2. The first-order chi connectivity index (χ1) is 50.0. The number of carbonyl (C=O) groups excluding carboxylic acids is 4. The van der Waals surface area contributed by atoms with E-state index >= 15 is 45.5 Å². The number of carbonyl (C=O) groups is 4. The van der Waals surface area contributed by atoms with Crippen LogP contribution in [-0.2, 0) is 31.6 Å². The van der Waals surface area contributed by atoms with E-state index in [1.807, 2.05) is 97.1 Å². The number of fused-ring (bicyclic) bond motifs is 14. The molecule has 2 aliphatic rings. The van der Waals surface area contributed by atoms with Crippen molar-refractivity contribution in [1.82, 2.24) is 18.3 Å². The van der Waals surface area contributed by atoms with Crippen molar-refractivity contribution in [2.45, 2.75) is 226 Å². The molecule has 0 saturated carbocycles. The first-order valence-corrected chi connectivity index (χ1v) is 38.1. The minimum Gasteiger partial charge on any atom is -0.340 e. The van der Waals surface area contributed by atoms with Crippen LogP contribution in [0.4, 0.5) is 37.7 Å². The lowest BCUT2D eigenvalue weighted by Crippen LogP contribution is -2.55. The first kappa shape index (κ1) is 70.8. The van der Waals surface area contributed by atoms with Gasteiger partial charge >= 0.3 is 12.4 Å². The topological polar surface area (TPSA) is 94.5 Å². The second kappa shape index (κ2) is 29.5. The molecule has 10 nitrogen and oxygen atoms in total. The van der Waals surface area contributed by atoms with Crippen LogP contribution < -0.4 is 9.80 Å². The summed E-state index contributed by atoms with van der Waals surface area (Å²) in [4.78, 5) is 65.2. The Morgan fingerprint density at radius 1 is 0.282 bits per heavy atom. The van der Waals surface area contributed by atoms with Gasteiger partial charge in [0.25, 0.3) is 23.6 Å². The predicted molar refractivity (Wildman–Crippen MR) is 406 cm³/mol. The molecule has 12 aromatic rings. The van der Waals surface area contributed by atoms with Gasteiger partial charge in [-0.15, -0.1) is 0 Å². The third-order valence-corrected chi connectivity index (χ3v) is 22.4. The van der Waals surface area contributed by atoms with E-state index < -0.39 is 63.7 Å². The highest BCUT2D eigenvalue weighted by molar-refractivity contribution is 6.42. The maximum absolute atomic E-state index is 16.9. The number of aromatic nitrogens is 4. The van der Waals surface area contributed by atoms with Crippen molar-refractivity contribution in [3.05, 3.63) is 179 Å². The number of rotatable bonds is 32. The van der Waals surface area contributed by atoms with Crippen LogP contribution in [0.5, 0.6) is 0 Å². The van der Waals surface area contributed by atoms with Crippen molar-refractivity contribution in [2.24, 2.45) is 0 Å². The second-order valence-corrected chi connectivity index (χ2v) is 28.9. The van der Waals surface area contributed by atoms with Crippen molar-refractivity contribution in [3.63, 3.8) is 0 Å². The van der Waals surface area contributed by atoms with Gasteiger partial charge in [0.15, 0.2) is 0 Å². The van der Waals surface area contributed by atoms with Crippen LogP contribution >= 0.6 is 0 Å². The summed E-state index contributed by atoms with van der Waals surface area (Å²) in [5.41, 5.74) is -3.26. The van der Waals surface area contributed by atoms with E-state index in [0.29, 0.717) is 72.3 Å². The van der Waals surface area contributed by atoms with Crippen LogP contribution in [0.15, 0.2) is 146 Å². The van der Waals surface area contributed by atoms with E-state index in [1.165, 1.54) is 0 Å². The quantitative estimate of drug-likeness (QED) is 0.0238. The first-order valence-electron chi connectivity index (χ1n) is 38.1. The van der Waals surface area contributed by atoms with Gasteiger partial charge < -0.3 is 18.3 Å². The number of para-hydroxylation sites is 4. The number of nitrogens with zero attached hydrogens (tertiary/aromatic N) is 6. The van der Waals surface area contributed by atoms with Crippen LogP contribution in [0.2, 0.25) is 0 Å². The van der Waals surface area contributed by atoms with Gasteiger partial charge in [-0.1, -0.05) is 241 Å². The zero-order valence-electron chi connectivity index (χ0n) is 59.7. The molecule has 2 aliphatic heterocycles. The maximum Gasteiger partial charge on any atom is 0.411 e. The Morgan fingerprint density at radius 3 is 0.893 bits per heavy atom. The standard InChI is InChI=1S/C87H92F6N6O4/c1-5-9-13-17-21-33-49-94-71-43-31-27-39-63(71)75-73(94)55-65-59-37-25-29-41-69(59)96(51-35-23-19-15-11-7-3)77(65)79(75)98-81(100)61-47-45-57(53-67(61)83(98)102)85(86(88,89)90,87(91,92)93)58-46-48-62-68(54-58)84(103)99(82(62)101)80-76-64-40-28-32-44-72(64)95(50-34-22-18-14-10-6-2)74(76)56-66-60-38-26-30-42-70(60)97(78(66)80)52-36-24-20-16-12-8-4/h25-32,37-48,53-56H,5-24,33-36,49-52H2,1-4H3. The van der Waals surface area contributed by atoms with Crippen LogP contribution in [0.1, 0.15) is 234 Å². The fourth-order valence-electron chi connectivity index (χ4n) is 17.3. The molecule has 4 amide bonds. The SMILES string of the molecule is CCCCCCCCn1c2ccccc2c2c(N3C(=O)c4ccc(C(c5ccc6c(c5)C(=O)N(c5c7c8ccccc8n(CCCCCCCC)c7cc7c8ccccc8n(CCCCCCCC)c57)C6=O)(C(F)(F)F)C(F)(F)F)cc4C3=O)c3c(cc21)c1ccccc1n3CCCCCCCC. The van der Waals surface area contributed by atoms with E-state index in [1.54, 1.807) is 0 Å². The lowest BCUT2D eigenvalue weighted by atomic mass is 9.71. The molecular weight excluding hydrogens is 1310 g/mol. The summed E-state index contributed by atoms with van der Waals surface area (Å²) in [6.45, 7) is 10.9. The molecule has 0 aliphatic carbocycles. The zero-order chi connectivity index (χ0) is 71.9. The van der Waals surface area contributed by atoms with Crippen molar-refractivity contribution >= 4 is 122 Å². The summed E-state index contributed by atoms with van der Waals surface area (Å²) >= 11 is 0. The second-order valence-electron chi connectivity index (χ2n) is 28.9. The van der Waals surface area contributed by atoms with E-state index in [-0.39, 0.29) is 22.5 Å². The smallest absolute Gasteiger partial charge is 0.340 e. The van der Waals surface area contributed by atoms with Crippen molar-refractivity contribution in [1.29, 1.82) is 0 Å². The Balaban J connectivity index is 0.915. The maximum atomic E-state index is 16.9. The number of alkyl halides is 6. The molecule has 6 heterocycles. The van der Waals surface area contributed by atoms with Crippen molar-refractivity contribution in [2.75, 3.05) is 9.80 Å². The molecule has 0 unspecified atom stereocenters. The number of hydrogen-bond donors (Lipinski definition) is 0. The minimum atomic E-state index is -6.20. The van der Waals surface area contributed by atoms with Crippen molar-refractivity contribution in [3.8, 4) is 0 Å². The number of halogens is 6. The average Bonchev–Trinajstić information content (AvgIpc) is 1.56. The molecule has 0 saturated heterocycles. The van der Waals surface area contributed by atoms with E-state index in [4.69, 9.17) is 0 Å². The van der Waals surface area contributed by atoms with Gasteiger partial charge in [0.1, 0.15) is 0 Å². The van der Waals surface area contributed by atoms with Gasteiger partial charge in [-0.05, 0) is 97.5 Å². The number of aryl methyl sites for hydroxylation is 4. The summed E-state index contributed by atoms with van der Waals surface area (Å²) in [7, 11) is 0. The molecule has 0 fully saturated rings. The van der Waals surface area contributed by atoms with Gasteiger partial charge in [-0.3, -0.25) is 19.2 Å². The van der Waals surface area contributed by atoms with Gasteiger partial charge in [0.2, 0.25) is 5.41 Å². The summed E-state index contributed by atoms with van der Waals surface area (Å²) in [5, 5.41) is 5.82. The van der Waals surface area contributed by atoms with Gasteiger partial charge in [-0.2, -0.15) is 26.3 Å². The highest BCUT2D eigenvalue weighted by Gasteiger charge is 2.73. The fraction of sp³-hybridized carbons (Fsp3) is 0.402. The van der Waals surface area contributed by atoms with Crippen molar-refractivity contribution < 1.29 is 45.5 Å². The Morgan fingerprint density at radius 2 is 0.563 bits per heavy atom. The molecule has 4 aromatic heterocycles. The highest BCUT2D eigenvalue weighted by Crippen LogP contribution is 2.58. The van der Waals surface area contributed by atoms with Crippen LogP contribution in [-0.4, -0.2) is 54.2 Å². The molecule has 8 aromatic carbocycles. The lowest BCUT2D eigenvalue weighted by molar-refractivity contribution is -0.288. The number of imide groups is 2. The van der Waals surface area contributed by atoms with Crippen LogP contribution in [0, 0.1) is 0 Å². The molecular formula is C87H92F6N6O4. The molecule has 0 radical (unpaired) electrons. The molecule has 0 bridgehead atoms. The molecule has 103 heavy (non-hydrogen) atoms. The Bertz CT molecular complexity index is 4900. The van der Waals surface area contributed by atoms with E-state index in [9.17, 15) is 0 Å². The number of amides is 4. The molecule has 536 valence electrons. The summed E-state index contributed by atoms with van der Waals surface area (Å²) in [6.07, 6.45) is 11.8.